The van der Waals surface area contributed by atoms with E-state index in [0.717, 1.165) is 52.9 Å². The van der Waals surface area contributed by atoms with Crippen molar-refractivity contribution in [2.45, 2.75) is 73.1 Å². The minimum Gasteiger partial charge on any atom is -0.289 e. The van der Waals surface area contributed by atoms with Crippen molar-refractivity contribution in [3.63, 3.8) is 0 Å². The van der Waals surface area contributed by atoms with Gasteiger partial charge in [-0.3, -0.25) is 9.79 Å². The zero-order valence-corrected chi connectivity index (χ0v) is 17.6. The van der Waals surface area contributed by atoms with Gasteiger partial charge in [-0.25, -0.2) is 0 Å². The highest BCUT2D eigenvalue weighted by atomic mass is 16.1. The van der Waals surface area contributed by atoms with Crippen LogP contribution in [0.4, 0.5) is 5.69 Å². The molecule has 1 aliphatic heterocycles. The molecule has 0 unspecified atom stereocenters. The van der Waals surface area contributed by atoms with E-state index in [-0.39, 0.29) is 7.21 Å². The molecule has 0 spiro atoms. The molecule has 27 heavy (non-hydrogen) atoms. The van der Waals surface area contributed by atoms with Gasteiger partial charge in [0.2, 0.25) is 0 Å². The third-order valence-corrected chi connectivity index (χ3v) is 4.98. The number of unbranched alkanes of at least 4 members (excludes halogenated alkanes) is 2. The summed E-state index contributed by atoms with van der Waals surface area (Å²) >= 11 is 0. The molecule has 0 bridgehead atoms. The fourth-order valence-corrected chi connectivity index (χ4v) is 3.68. The summed E-state index contributed by atoms with van der Waals surface area (Å²) in [4.78, 5) is 17.5. The van der Waals surface area contributed by atoms with Gasteiger partial charge in [-0.15, -0.1) is 0 Å². The van der Waals surface area contributed by atoms with Crippen LogP contribution in [-0.2, 0) is 19.3 Å². The lowest BCUT2D eigenvalue weighted by atomic mass is 9.92. The lowest BCUT2D eigenvalue weighted by molar-refractivity contribution is 0.103. The first kappa shape index (κ1) is 21.1. The fraction of sp³-hybridized carbons (Fsp3) is 0.440. The summed E-state index contributed by atoms with van der Waals surface area (Å²) in [5.74, 6) is 0.176. The molecule has 2 aliphatic rings. The van der Waals surface area contributed by atoms with Gasteiger partial charge in [-0.1, -0.05) is 77.3 Å². The Hall–Kier alpha value is -2.22. The number of nitrogens with zero attached hydrogens (tertiary/aromatic N) is 1. The molecular weight excluding hydrogens is 330 g/mol. The molecule has 0 fully saturated rings. The van der Waals surface area contributed by atoms with Crippen molar-refractivity contribution in [2.24, 2.45) is 4.99 Å². The van der Waals surface area contributed by atoms with Gasteiger partial charge >= 0.3 is 0 Å². The van der Waals surface area contributed by atoms with Crippen LogP contribution in [0, 0.1) is 0 Å². The van der Waals surface area contributed by atoms with Crippen LogP contribution in [0.1, 0.15) is 87.9 Å². The summed E-state index contributed by atoms with van der Waals surface area (Å²) < 4.78 is 0. The molecule has 0 amide bonds. The van der Waals surface area contributed by atoms with Gasteiger partial charge in [-0.2, -0.15) is 0 Å². The maximum absolute atomic E-state index is 12.9. The smallest absolute Gasteiger partial charge is 0.193 e. The van der Waals surface area contributed by atoms with E-state index in [1.807, 2.05) is 39.0 Å². The Morgan fingerprint density at radius 2 is 1.63 bits per heavy atom. The van der Waals surface area contributed by atoms with Gasteiger partial charge in [0, 0.05) is 24.7 Å². The topological polar surface area (TPSA) is 29.4 Å². The molecule has 1 heterocycles. The highest BCUT2D eigenvalue weighted by molar-refractivity contribution is 6.14. The van der Waals surface area contributed by atoms with Crippen LogP contribution < -0.4 is 0 Å². The van der Waals surface area contributed by atoms with Crippen LogP contribution in [0.25, 0.3) is 0 Å². The largest absolute Gasteiger partial charge is 0.289 e. The normalized spacial score (nSPS) is 13.7. The number of carbonyl (C=O) groups is 1. The first-order valence-electron chi connectivity index (χ1n) is 10.5. The molecule has 2 nitrogen and oxygen atoms in total. The van der Waals surface area contributed by atoms with Gasteiger partial charge in [0.1, 0.15) is 0 Å². The molecule has 2 aromatic rings. The van der Waals surface area contributed by atoms with E-state index in [2.05, 4.69) is 37.0 Å². The number of aryl methyl sites for hydroxylation is 2. The van der Waals surface area contributed by atoms with E-state index in [1.54, 1.807) is 0 Å². The number of benzene rings is 2. The van der Waals surface area contributed by atoms with E-state index in [0.29, 0.717) is 0 Å². The minimum absolute atomic E-state index is 0. The Balaban J connectivity index is 0.000000432. The van der Waals surface area contributed by atoms with E-state index >= 15 is 0 Å². The fourth-order valence-electron chi connectivity index (χ4n) is 3.68. The van der Waals surface area contributed by atoms with Crippen molar-refractivity contribution < 1.29 is 6.22 Å². The lowest BCUT2D eigenvalue weighted by Gasteiger charge is -2.10. The first-order valence-corrected chi connectivity index (χ1v) is 10.5. The number of rotatable bonds is 2. The number of ketones is 1. The SMILES string of the molecule is CC.CC1=Nc2ccc3c(c2C1)C(=O)c1ccccc1CC3.CCCCC.[HH]. The minimum atomic E-state index is 0. The van der Waals surface area contributed by atoms with Crippen LogP contribution in [0.2, 0.25) is 0 Å². The first-order chi connectivity index (χ1) is 13.2. The summed E-state index contributed by atoms with van der Waals surface area (Å²) in [7, 11) is 0. The Labute approximate surface area is 166 Å². The summed E-state index contributed by atoms with van der Waals surface area (Å²) in [6.45, 7) is 10.5. The highest BCUT2D eigenvalue weighted by Gasteiger charge is 2.27. The lowest BCUT2D eigenvalue weighted by Crippen LogP contribution is -2.08. The molecular formula is C25H35NO. The van der Waals surface area contributed by atoms with Gasteiger partial charge in [0.05, 0.1) is 5.69 Å². The predicted molar refractivity (Wildman–Crippen MR) is 119 cm³/mol. The second-order valence-electron chi connectivity index (χ2n) is 6.96. The van der Waals surface area contributed by atoms with Crippen molar-refractivity contribution in [2.75, 3.05) is 0 Å². The van der Waals surface area contributed by atoms with Crippen molar-refractivity contribution in [1.29, 1.82) is 0 Å². The monoisotopic (exact) mass is 365 g/mol. The van der Waals surface area contributed by atoms with Gasteiger partial charge in [-0.05, 0) is 42.5 Å². The molecule has 0 radical (unpaired) electrons. The van der Waals surface area contributed by atoms with Crippen molar-refractivity contribution in [1.82, 2.24) is 0 Å². The van der Waals surface area contributed by atoms with Gasteiger partial charge < -0.3 is 0 Å². The molecule has 0 N–H and O–H groups in total. The number of carbonyl (C=O) groups excluding carboxylic acids is 1. The Kier molecular flexibility index (Phi) is 7.97. The van der Waals surface area contributed by atoms with Crippen LogP contribution in [0.3, 0.4) is 0 Å². The number of hydrogen-bond donors (Lipinski definition) is 0. The molecule has 0 saturated carbocycles. The second kappa shape index (κ2) is 10.2. The van der Waals surface area contributed by atoms with Gasteiger partial charge in [0.25, 0.3) is 0 Å². The van der Waals surface area contributed by atoms with Gasteiger partial charge in [0.15, 0.2) is 5.78 Å². The third kappa shape index (κ3) is 4.74. The molecule has 2 heteroatoms. The highest BCUT2D eigenvalue weighted by Crippen LogP contribution is 2.35. The third-order valence-electron chi connectivity index (χ3n) is 4.98. The van der Waals surface area contributed by atoms with Crippen molar-refractivity contribution >= 4 is 17.2 Å². The number of hydrogen-bond acceptors (Lipinski definition) is 2. The Morgan fingerprint density at radius 3 is 2.30 bits per heavy atom. The summed E-state index contributed by atoms with van der Waals surface area (Å²) in [5, 5.41) is 0. The molecule has 4 rings (SSSR count). The molecule has 1 aliphatic carbocycles. The van der Waals surface area contributed by atoms with E-state index in [4.69, 9.17) is 0 Å². The molecule has 146 valence electrons. The van der Waals surface area contributed by atoms with E-state index in [9.17, 15) is 4.79 Å². The molecule has 0 saturated heterocycles. The van der Waals surface area contributed by atoms with Crippen LogP contribution >= 0.6 is 0 Å². The average molecular weight is 366 g/mol. The van der Waals surface area contributed by atoms with E-state index < -0.39 is 0 Å². The molecule has 0 atom stereocenters. The molecule has 0 aromatic heterocycles. The van der Waals surface area contributed by atoms with Crippen LogP contribution in [0.5, 0.6) is 0 Å². The quantitative estimate of drug-likeness (QED) is 0.556. The summed E-state index contributed by atoms with van der Waals surface area (Å²) in [6, 6.07) is 12.1. The number of aliphatic imine (C=N–C) groups is 1. The Bertz CT molecular complexity index is 821. The maximum atomic E-state index is 12.9. The standard InChI is InChI=1S/C18H15NO.C5H12.C2H6.H2/c1-11-10-15-16(19-11)9-8-13-7-6-12-4-2-3-5-14(12)18(20)17(13)15;1-3-5-4-2;1-2;/h2-5,8-9H,6-7,10H2,1H3;3-5H2,1-2H3;1-2H3;1H. The number of fused-ring (bicyclic) bond motifs is 4. The zero-order valence-electron chi connectivity index (χ0n) is 17.6. The van der Waals surface area contributed by atoms with Crippen LogP contribution in [0.15, 0.2) is 41.4 Å². The molecule has 2 aromatic carbocycles. The summed E-state index contributed by atoms with van der Waals surface area (Å²) in [5.41, 5.74) is 7.32. The average Bonchev–Trinajstić information content (AvgIpc) is 3.01. The van der Waals surface area contributed by atoms with Crippen LogP contribution in [-0.4, -0.2) is 11.5 Å². The Morgan fingerprint density at radius 1 is 0.963 bits per heavy atom. The zero-order chi connectivity index (χ0) is 19.8. The van der Waals surface area contributed by atoms with Crippen molar-refractivity contribution in [3.05, 3.63) is 64.2 Å². The maximum Gasteiger partial charge on any atom is 0.193 e. The van der Waals surface area contributed by atoms with E-state index in [1.165, 1.54) is 24.8 Å². The second-order valence-corrected chi connectivity index (χ2v) is 6.96. The van der Waals surface area contributed by atoms with Crippen molar-refractivity contribution in [3.8, 4) is 0 Å². The summed E-state index contributed by atoms with van der Waals surface area (Å²) in [6.07, 6.45) is 6.76. The predicted octanol–water partition coefficient (Wildman–Crippen LogP) is 7.13.